The molecule has 4 nitrogen and oxygen atoms in total. The maximum Gasteiger partial charge on any atom is 0.185 e. The highest BCUT2D eigenvalue weighted by molar-refractivity contribution is 7.16. The molecule has 3 N–H and O–H groups in total. The van der Waals surface area contributed by atoms with Gasteiger partial charge in [0.25, 0.3) is 0 Å². The lowest BCUT2D eigenvalue weighted by Gasteiger charge is -1.84. The first-order valence-electron chi connectivity index (χ1n) is 2.62. The Bertz CT molecular complexity index is 272. The Kier molecular flexibility index (Phi) is 1.73. The number of nitrogens with zero attached hydrogens (tertiary/aromatic N) is 2. The molecule has 52 valence electrons. The quantitative estimate of drug-likeness (QED) is 0.622. The standard InChI is InChI=1S/C5H6N4S/c1-8-5-9-4(7)3(2-6)10-5/h7H2,1H3,(H,8,9). The van der Waals surface area contributed by atoms with Crippen LogP contribution in [0.3, 0.4) is 0 Å². The molecular weight excluding hydrogens is 148 g/mol. The molecule has 0 bridgehead atoms. The van der Waals surface area contributed by atoms with Crippen molar-refractivity contribution in [3.63, 3.8) is 0 Å². The summed E-state index contributed by atoms with van der Waals surface area (Å²) >= 11 is 1.25. The van der Waals surface area contributed by atoms with E-state index in [1.807, 2.05) is 6.07 Å². The summed E-state index contributed by atoms with van der Waals surface area (Å²) in [5.41, 5.74) is 5.36. The van der Waals surface area contributed by atoms with Gasteiger partial charge in [-0.2, -0.15) is 5.26 Å². The third kappa shape index (κ3) is 1.01. The molecule has 0 aliphatic carbocycles. The van der Waals surface area contributed by atoms with E-state index in [2.05, 4.69) is 10.3 Å². The number of nitrogen functional groups attached to an aromatic ring is 1. The SMILES string of the molecule is CNc1nc(N)c(C#N)s1. The topological polar surface area (TPSA) is 74.7 Å². The Morgan fingerprint density at radius 2 is 2.50 bits per heavy atom. The first-order valence-corrected chi connectivity index (χ1v) is 3.43. The first kappa shape index (κ1) is 6.83. The van der Waals surface area contributed by atoms with Gasteiger partial charge >= 0.3 is 0 Å². The Morgan fingerprint density at radius 1 is 1.80 bits per heavy atom. The predicted molar refractivity (Wildman–Crippen MR) is 40.8 cm³/mol. The smallest absolute Gasteiger partial charge is 0.185 e. The number of rotatable bonds is 1. The van der Waals surface area contributed by atoms with Gasteiger partial charge in [-0.1, -0.05) is 11.3 Å². The van der Waals surface area contributed by atoms with Crippen LogP contribution in [0.4, 0.5) is 10.9 Å². The van der Waals surface area contributed by atoms with Crippen molar-refractivity contribution in [3.05, 3.63) is 4.88 Å². The number of anilines is 2. The van der Waals surface area contributed by atoms with Crippen LogP contribution in [0.2, 0.25) is 0 Å². The van der Waals surface area contributed by atoms with Crippen LogP contribution in [0.15, 0.2) is 0 Å². The summed E-state index contributed by atoms with van der Waals surface area (Å²) in [6.07, 6.45) is 0. The molecule has 0 saturated heterocycles. The number of hydrogen-bond donors (Lipinski definition) is 2. The van der Waals surface area contributed by atoms with Crippen molar-refractivity contribution in [2.45, 2.75) is 0 Å². The van der Waals surface area contributed by atoms with Gasteiger partial charge in [0, 0.05) is 7.05 Å². The minimum atomic E-state index is 0.303. The van der Waals surface area contributed by atoms with E-state index in [4.69, 9.17) is 11.0 Å². The fourth-order valence-electron chi connectivity index (χ4n) is 0.519. The van der Waals surface area contributed by atoms with Crippen LogP contribution in [-0.2, 0) is 0 Å². The molecule has 0 unspecified atom stereocenters. The molecule has 0 saturated carbocycles. The van der Waals surface area contributed by atoms with Crippen LogP contribution in [0, 0.1) is 11.3 Å². The Morgan fingerprint density at radius 3 is 2.80 bits per heavy atom. The zero-order chi connectivity index (χ0) is 7.56. The van der Waals surface area contributed by atoms with Gasteiger partial charge in [-0.3, -0.25) is 0 Å². The maximum absolute atomic E-state index is 8.44. The number of thiazole rings is 1. The minimum absolute atomic E-state index is 0.303. The maximum atomic E-state index is 8.44. The molecule has 0 aliphatic rings. The van der Waals surface area contributed by atoms with Crippen molar-refractivity contribution in [2.24, 2.45) is 0 Å². The van der Waals surface area contributed by atoms with Crippen LogP contribution < -0.4 is 11.1 Å². The lowest BCUT2D eigenvalue weighted by atomic mass is 10.5. The molecule has 0 aliphatic heterocycles. The molecule has 0 amide bonds. The number of hydrogen-bond acceptors (Lipinski definition) is 5. The molecule has 1 aromatic heterocycles. The molecule has 0 aromatic carbocycles. The van der Waals surface area contributed by atoms with Crippen LogP contribution in [-0.4, -0.2) is 12.0 Å². The van der Waals surface area contributed by atoms with E-state index in [9.17, 15) is 0 Å². The summed E-state index contributed by atoms with van der Waals surface area (Å²) in [4.78, 5) is 4.32. The molecule has 1 rings (SSSR count). The molecular formula is C5H6N4S. The summed E-state index contributed by atoms with van der Waals surface area (Å²) in [5, 5.41) is 11.9. The third-order valence-electron chi connectivity index (χ3n) is 0.969. The van der Waals surface area contributed by atoms with E-state index in [-0.39, 0.29) is 0 Å². The van der Waals surface area contributed by atoms with E-state index in [0.717, 1.165) is 0 Å². The van der Waals surface area contributed by atoms with E-state index in [1.165, 1.54) is 11.3 Å². The number of nitrogens with two attached hydrogens (primary N) is 1. The van der Waals surface area contributed by atoms with Crippen LogP contribution in [0.1, 0.15) is 4.88 Å². The van der Waals surface area contributed by atoms with Gasteiger partial charge < -0.3 is 11.1 Å². The average molecular weight is 154 g/mol. The third-order valence-corrected chi connectivity index (χ3v) is 1.96. The van der Waals surface area contributed by atoms with E-state index in [0.29, 0.717) is 15.8 Å². The number of nitriles is 1. The second kappa shape index (κ2) is 2.54. The summed E-state index contributed by atoms with van der Waals surface area (Å²) in [6.45, 7) is 0. The van der Waals surface area contributed by atoms with Crippen molar-refractivity contribution < 1.29 is 0 Å². The van der Waals surface area contributed by atoms with Gasteiger partial charge in [0.1, 0.15) is 10.9 Å². The highest BCUT2D eigenvalue weighted by Gasteiger charge is 2.04. The molecule has 1 heterocycles. The zero-order valence-electron chi connectivity index (χ0n) is 5.38. The lowest BCUT2D eigenvalue weighted by molar-refractivity contribution is 1.36. The molecule has 10 heavy (non-hydrogen) atoms. The second-order valence-electron chi connectivity index (χ2n) is 1.60. The lowest BCUT2D eigenvalue weighted by Crippen LogP contribution is -1.89. The zero-order valence-corrected chi connectivity index (χ0v) is 6.20. The van der Waals surface area contributed by atoms with Crippen molar-refractivity contribution in [2.75, 3.05) is 18.1 Å². The van der Waals surface area contributed by atoms with Gasteiger partial charge in [-0.05, 0) is 0 Å². The Hall–Kier alpha value is -1.28. The first-order chi connectivity index (χ1) is 4.77. The van der Waals surface area contributed by atoms with Crippen molar-refractivity contribution in [1.82, 2.24) is 4.98 Å². The van der Waals surface area contributed by atoms with Gasteiger partial charge in [0.05, 0.1) is 0 Å². The van der Waals surface area contributed by atoms with Gasteiger partial charge in [-0.25, -0.2) is 4.98 Å². The van der Waals surface area contributed by atoms with Crippen LogP contribution in [0.5, 0.6) is 0 Å². The van der Waals surface area contributed by atoms with Crippen LogP contribution >= 0.6 is 11.3 Å². The second-order valence-corrected chi connectivity index (χ2v) is 2.59. The number of nitrogens with one attached hydrogen (secondary N) is 1. The van der Waals surface area contributed by atoms with Gasteiger partial charge in [0.15, 0.2) is 10.9 Å². The molecule has 1 aromatic rings. The van der Waals surface area contributed by atoms with E-state index < -0.39 is 0 Å². The molecule has 5 heteroatoms. The van der Waals surface area contributed by atoms with Crippen molar-refractivity contribution in [1.29, 1.82) is 5.26 Å². The normalized spacial score (nSPS) is 8.80. The van der Waals surface area contributed by atoms with Crippen LogP contribution in [0.25, 0.3) is 0 Å². The molecule has 0 atom stereocenters. The molecule has 0 spiro atoms. The van der Waals surface area contributed by atoms with Gasteiger partial charge in [-0.15, -0.1) is 0 Å². The summed E-state index contributed by atoms with van der Waals surface area (Å²) < 4.78 is 0. The minimum Gasteiger partial charge on any atom is -0.382 e. The summed E-state index contributed by atoms with van der Waals surface area (Å²) in [6, 6.07) is 1.94. The summed E-state index contributed by atoms with van der Waals surface area (Å²) in [5.74, 6) is 0.303. The average Bonchev–Trinajstić information content (AvgIpc) is 2.30. The fourth-order valence-corrected chi connectivity index (χ4v) is 1.15. The highest BCUT2D eigenvalue weighted by Crippen LogP contribution is 2.22. The van der Waals surface area contributed by atoms with E-state index in [1.54, 1.807) is 7.05 Å². The predicted octanol–water partition coefficient (Wildman–Crippen LogP) is 0.639. The van der Waals surface area contributed by atoms with Crippen molar-refractivity contribution in [3.8, 4) is 6.07 Å². The Balaban J connectivity index is 3.07. The van der Waals surface area contributed by atoms with Crippen molar-refractivity contribution >= 4 is 22.3 Å². The Labute approximate surface area is 62.3 Å². The monoisotopic (exact) mass is 154 g/mol. The van der Waals surface area contributed by atoms with E-state index >= 15 is 0 Å². The number of aromatic nitrogens is 1. The largest absolute Gasteiger partial charge is 0.382 e. The fraction of sp³-hybridized carbons (Fsp3) is 0.200. The molecule has 0 fully saturated rings. The summed E-state index contributed by atoms with van der Waals surface area (Å²) in [7, 11) is 1.74. The molecule has 0 radical (unpaired) electrons. The van der Waals surface area contributed by atoms with Gasteiger partial charge in [0.2, 0.25) is 0 Å². The highest BCUT2D eigenvalue weighted by atomic mass is 32.1.